The van der Waals surface area contributed by atoms with Crippen LogP contribution in [0.2, 0.25) is 0 Å². The lowest BCUT2D eigenvalue weighted by atomic mass is 10.0. The molecule has 0 aromatic heterocycles. The Bertz CT molecular complexity index is 820. The van der Waals surface area contributed by atoms with E-state index in [1.165, 1.54) is 32.0 Å². The molecular formula is C22H31F7N2OS3. The van der Waals surface area contributed by atoms with Gasteiger partial charge in [0.1, 0.15) is 5.75 Å². The molecule has 0 saturated heterocycles. The van der Waals surface area contributed by atoms with Crippen LogP contribution in [-0.2, 0) is 6.18 Å². The number of halogens is 7. The van der Waals surface area contributed by atoms with E-state index in [0.717, 1.165) is 13.0 Å². The molecular weight excluding hydrogens is 537 g/mol. The fourth-order valence-electron chi connectivity index (χ4n) is 4.83. The van der Waals surface area contributed by atoms with Crippen molar-refractivity contribution in [3.63, 3.8) is 0 Å². The summed E-state index contributed by atoms with van der Waals surface area (Å²) < 4.78 is 98.7. The van der Waals surface area contributed by atoms with Crippen LogP contribution >= 0.6 is 35.3 Å². The van der Waals surface area contributed by atoms with Crippen LogP contribution in [0.3, 0.4) is 0 Å². The molecule has 2 atom stereocenters. The average molecular weight is 569 g/mol. The zero-order valence-electron chi connectivity index (χ0n) is 19.6. The first-order valence-corrected chi connectivity index (χ1v) is 13.6. The van der Waals surface area contributed by atoms with Gasteiger partial charge >= 0.3 is 6.18 Å². The number of fused-ring (bicyclic) bond motifs is 2. The fourth-order valence-corrected chi connectivity index (χ4v) is 5.62. The minimum absolute atomic E-state index is 0.00942. The van der Waals surface area contributed by atoms with E-state index in [2.05, 4.69) is 28.0 Å². The summed E-state index contributed by atoms with van der Waals surface area (Å²) in [5.41, 5.74) is -0.296. The van der Waals surface area contributed by atoms with Crippen LogP contribution in [0.4, 0.5) is 36.4 Å². The Morgan fingerprint density at radius 2 is 1.66 bits per heavy atom. The predicted molar refractivity (Wildman–Crippen MR) is 132 cm³/mol. The average Bonchev–Trinajstić information content (AvgIpc) is 3.18. The van der Waals surface area contributed by atoms with E-state index in [4.69, 9.17) is 4.74 Å². The van der Waals surface area contributed by atoms with Crippen molar-refractivity contribution < 1.29 is 35.5 Å². The summed E-state index contributed by atoms with van der Waals surface area (Å²) in [6, 6.07) is 2.56. The molecule has 0 spiro atoms. The standard InChI is InChI=1S/C18H21F5N2OS.C4H8F2.H2S2/c1-26-15-7-16-14(6-13(15)18(21,22)23)25(3-2-24-27-16)12-4-10-8-17(19,20)9-11(10)5-12;1-3-4(2,5)6;1-2/h6-7,10-12,24H,2-5,8-9H2,1H3;3H2,1-2H3;1-2H. The summed E-state index contributed by atoms with van der Waals surface area (Å²) in [7, 11) is 1.22. The molecule has 0 amide bonds. The number of alkyl halides is 7. The largest absolute Gasteiger partial charge is 0.496 e. The highest BCUT2D eigenvalue weighted by atomic mass is 33.1. The van der Waals surface area contributed by atoms with Gasteiger partial charge in [0.2, 0.25) is 11.8 Å². The van der Waals surface area contributed by atoms with E-state index in [-0.39, 0.29) is 42.9 Å². The number of nitrogens with zero attached hydrogens (tertiary/aromatic N) is 1. The molecule has 1 heterocycles. The second-order valence-electron chi connectivity index (χ2n) is 9.04. The Balaban J connectivity index is 0.000000474. The molecule has 2 fully saturated rings. The number of nitrogens with one attached hydrogen (secondary N) is 1. The second kappa shape index (κ2) is 12.3. The molecule has 1 N–H and O–H groups in total. The first-order valence-electron chi connectivity index (χ1n) is 11.2. The van der Waals surface area contributed by atoms with E-state index in [9.17, 15) is 30.7 Å². The Labute approximate surface area is 216 Å². The number of hydrogen-bond acceptors (Lipinski definition) is 6. The third kappa shape index (κ3) is 8.16. The van der Waals surface area contributed by atoms with Gasteiger partial charge in [0, 0.05) is 43.3 Å². The Hall–Kier alpha value is -0.660. The van der Waals surface area contributed by atoms with Crippen molar-refractivity contribution >= 4 is 41.0 Å². The van der Waals surface area contributed by atoms with Crippen LogP contribution in [0.15, 0.2) is 17.0 Å². The van der Waals surface area contributed by atoms with E-state index in [0.29, 0.717) is 36.5 Å². The Kier molecular flexibility index (Phi) is 10.7. The lowest BCUT2D eigenvalue weighted by molar-refractivity contribution is -0.138. The van der Waals surface area contributed by atoms with Crippen LogP contribution in [0.25, 0.3) is 0 Å². The minimum Gasteiger partial charge on any atom is -0.496 e. The first-order chi connectivity index (χ1) is 16.2. The summed E-state index contributed by atoms with van der Waals surface area (Å²) in [5, 5.41) is 0. The van der Waals surface area contributed by atoms with Crippen molar-refractivity contribution in [3.05, 3.63) is 17.7 Å². The highest BCUT2D eigenvalue weighted by molar-refractivity contribution is 8.59. The third-order valence-corrected chi connectivity index (χ3v) is 7.43. The molecule has 3 aliphatic rings. The molecule has 1 aromatic carbocycles. The summed E-state index contributed by atoms with van der Waals surface area (Å²) in [4.78, 5) is 2.65. The van der Waals surface area contributed by atoms with Crippen molar-refractivity contribution in [2.45, 2.75) is 74.9 Å². The topological polar surface area (TPSA) is 24.5 Å². The maximum atomic E-state index is 13.6. The maximum absolute atomic E-state index is 13.6. The summed E-state index contributed by atoms with van der Waals surface area (Å²) >= 11 is 7.73. The quantitative estimate of drug-likeness (QED) is 0.150. The highest BCUT2D eigenvalue weighted by Gasteiger charge is 2.51. The van der Waals surface area contributed by atoms with Gasteiger partial charge in [-0.2, -0.15) is 13.2 Å². The molecule has 4 rings (SSSR count). The third-order valence-electron chi connectivity index (χ3n) is 6.53. The number of ether oxygens (including phenoxy) is 1. The number of hydrogen-bond donors (Lipinski definition) is 3. The molecule has 2 aliphatic carbocycles. The smallest absolute Gasteiger partial charge is 0.420 e. The number of rotatable bonds is 3. The van der Waals surface area contributed by atoms with Crippen LogP contribution in [0, 0.1) is 11.8 Å². The molecule has 0 bridgehead atoms. The summed E-state index contributed by atoms with van der Waals surface area (Å²) in [6.07, 6.45) is -3.57. The SMILES string of the molecule is CCC(C)(F)F.COc1cc2c(cc1C(F)(F)F)N(C1CC3CC(F)(F)CC3C1)CCNS2.SS. The molecule has 35 heavy (non-hydrogen) atoms. The van der Waals surface area contributed by atoms with Crippen LogP contribution < -0.4 is 14.4 Å². The predicted octanol–water partition coefficient (Wildman–Crippen LogP) is 7.77. The maximum Gasteiger partial charge on any atom is 0.420 e. The lowest BCUT2D eigenvalue weighted by Crippen LogP contribution is -2.37. The first kappa shape index (κ1) is 30.6. The highest BCUT2D eigenvalue weighted by Crippen LogP contribution is 2.53. The van der Waals surface area contributed by atoms with Crippen molar-refractivity contribution in [2.24, 2.45) is 11.8 Å². The van der Waals surface area contributed by atoms with Crippen LogP contribution in [-0.4, -0.2) is 38.1 Å². The van der Waals surface area contributed by atoms with Crippen molar-refractivity contribution in [1.29, 1.82) is 0 Å². The normalized spacial score (nSPS) is 25.4. The van der Waals surface area contributed by atoms with Crippen molar-refractivity contribution in [2.75, 3.05) is 25.1 Å². The van der Waals surface area contributed by atoms with E-state index in [1.54, 1.807) is 0 Å². The molecule has 13 heteroatoms. The summed E-state index contributed by atoms with van der Waals surface area (Å²) in [5.74, 6) is -5.35. The van der Waals surface area contributed by atoms with Gasteiger partial charge in [-0.3, -0.25) is 4.72 Å². The van der Waals surface area contributed by atoms with Crippen molar-refractivity contribution in [3.8, 4) is 5.75 Å². The molecule has 0 radical (unpaired) electrons. The molecule has 1 aromatic rings. The van der Waals surface area contributed by atoms with Crippen LogP contribution in [0.1, 0.15) is 51.5 Å². The van der Waals surface area contributed by atoms with Gasteiger partial charge in [-0.1, -0.05) is 6.92 Å². The zero-order chi connectivity index (χ0) is 26.6. The van der Waals surface area contributed by atoms with Gasteiger partial charge in [0.05, 0.1) is 18.4 Å². The molecule has 3 nitrogen and oxygen atoms in total. The van der Waals surface area contributed by atoms with E-state index in [1.807, 2.05) is 4.90 Å². The van der Waals surface area contributed by atoms with E-state index < -0.39 is 23.6 Å². The van der Waals surface area contributed by atoms with Crippen LogP contribution in [0.5, 0.6) is 5.75 Å². The van der Waals surface area contributed by atoms with Gasteiger partial charge in [0.25, 0.3) is 0 Å². The van der Waals surface area contributed by atoms with Crippen molar-refractivity contribution in [1.82, 2.24) is 4.72 Å². The van der Waals surface area contributed by atoms with Gasteiger partial charge in [-0.15, -0.1) is 23.3 Å². The van der Waals surface area contributed by atoms with Gasteiger partial charge in [-0.25, -0.2) is 17.6 Å². The van der Waals surface area contributed by atoms with Gasteiger partial charge < -0.3 is 9.64 Å². The monoisotopic (exact) mass is 568 g/mol. The molecule has 2 saturated carbocycles. The summed E-state index contributed by atoms with van der Waals surface area (Å²) in [6.45, 7) is 3.52. The minimum atomic E-state index is -4.52. The number of thiol groups is 2. The molecule has 202 valence electrons. The van der Waals surface area contributed by atoms with Gasteiger partial charge in [0.15, 0.2) is 0 Å². The lowest BCUT2D eigenvalue weighted by Gasteiger charge is -2.32. The zero-order valence-corrected chi connectivity index (χ0v) is 22.2. The Morgan fingerprint density at radius 3 is 2.11 bits per heavy atom. The molecule has 2 unspecified atom stereocenters. The molecule has 1 aliphatic heterocycles. The number of methoxy groups -OCH3 is 1. The van der Waals surface area contributed by atoms with Gasteiger partial charge in [-0.05, 0) is 55.7 Å². The second-order valence-corrected chi connectivity index (χ2v) is 9.97. The van der Waals surface area contributed by atoms with E-state index >= 15 is 0 Å². The number of anilines is 1. The fraction of sp³-hybridized carbons (Fsp3) is 0.727. The number of benzene rings is 1. The Morgan fingerprint density at radius 1 is 1.11 bits per heavy atom.